The molecule has 0 bridgehead atoms. The summed E-state index contributed by atoms with van der Waals surface area (Å²) in [6.07, 6.45) is 6.57. The van der Waals surface area contributed by atoms with Crippen molar-refractivity contribution in [1.29, 1.82) is 0 Å². The highest BCUT2D eigenvalue weighted by molar-refractivity contribution is 5.48. The topological polar surface area (TPSA) is 57.2 Å². The highest BCUT2D eigenvalue weighted by Crippen LogP contribution is 2.19. The van der Waals surface area contributed by atoms with Crippen molar-refractivity contribution in [2.75, 3.05) is 37.4 Å². The second-order valence-electron chi connectivity index (χ2n) is 6.32. The molecule has 1 atom stereocenters. The first kappa shape index (κ1) is 15.7. The van der Waals surface area contributed by atoms with Crippen LogP contribution in [0.2, 0.25) is 0 Å². The number of aromatic nitrogens is 3. The van der Waals surface area contributed by atoms with E-state index in [1.807, 2.05) is 37.5 Å². The van der Waals surface area contributed by atoms with Gasteiger partial charge in [-0.1, -0.05) is 0 Å². The minimum Gasteiger partial charge on any atom is -0.366 e. The Morgan fingerprint density at radius 3 is 3.00 bits per heavy atom. The third kappa shape index (κ3) is 3.96. The molecule has 1 unspecified atom stereocenters. The van der Waals surface area contributed by atoms with Gasteiger partial charge in [0.05, 0.1) is 0 Å². The van der Waals surface area contributed by atoms with E-state index in [9.17, 15) is 0 Å². The van der Waals surface area contributed by atoms with Crippen LogP contribution in [0.3, 0.4) is 0 Å². The maximum absolute atomic E-state index is 4.33. The zero-order valence-electron chi connectivity index (χ0n) is 14.0. The van der Waals surface area contributed by atoms with Gasteiger partial charge in [-0.2, -0.15) is 0 Å². The van der Waals surface area contributed by atoms with Gasteiger partial charge in [0, 0.05) is 58.2 Å². The average molecular weight is 312 g/mol. The fourth-order valence-electron chi connectivity index (χ4n) is 2.88. The van der Waals surface area contributed by atoms with Gasteiger partial charge in [0.15, 0.2) is 0 Å². The van der Waals surface area contributed by atoms with Gasteiger partial charge in [-0.25, -0.2) is 9.97 Å². The van der Waals surface area contributed by atoms with Crippen LogP contribution in [0.4, 0.5) is 11.6 Å². The first-order chi connectivity index (χ1) is 11.1. The van der Waals surface area contributed by atoms with E-state index in [0.29, 0.717) is 6.04 Å². The molecule has 1 saturated heterocycles. The molecular formula is C17H24N6. The Morgan fingerprint density at radius 1 is 1.35 bits per heavy atom. The maximum atomic E-state index is 4.33. The summed E-state index contributed by atoms with van der Waals surface area (Å²) in [5.74, 6) is 1.82. The Morgan fingerprint density at radius 2 is 2.22 bits per heavy atom. The summed E-state index contributed by atoms with van der Waals surface area (Å²) < 4.78 is 0. The molecule has 0 aliphatic carbocycles. The standard InChI is InChI=1S/C17H24N6/c1-13-4-6-18-9-14(13)10-23-7-5-15(11-23)21-16-8-17(22(2)3)20-12-19-16/h4,6,8-9,12,15H,5,7,10-11H2,1-3H3,(H,19,20,21). The largest absolute Gasteiger partial charge is 0.366 e. The van der Waals surface area contributed by atoms with E-state index in [0.717, 1.165) is 37.7 Å². The second-order valence-corrected chi connectivity index (χ2v) is 6.32. The van der Waals surface area contributed by atoms with E-state index < -0.39 is 0 Å². The van der Waals surface area contributed by atoms with Crippen LogP contribution in [0.5, 0.6) is 0 Å². The van der Waals surface area contributed by atoms with Crippen molar-refractivity contribution in [3.05, 3.63) is 42.0 Å². The third-order valence-corrected chi connectivity index (χ3v) is 4.28. The number of aryl methyl sites for hydroxylation is 1. The molecule has 1 N–H and O–H groups in total. The van der Waals surface area contributed by atoms with Crippen LogP contribution in [0.25, 0.3) is 0 Å². The van der Waals surface area contributed by atoms with Gasteiger partial charge in [0.2, 0.25) is 0 Å². The molecule has 0 radical (unpaired) electrons. The van der Waals surface area contributed by atoms with Crippen molar-refractivity contribution in [1.82, 2.24) is 19.9 Å². The van der Waals surface area contributed by atoms with Gasteiger partial charge in [-0.3, -0.25) is 9.88 Å². The van der Waals surface area contributed by atoms with Crippen LogP contribution in [-0.2, 0) is 6.54 Å². The lowest BCUT2D eigenvalue weighted by molar-refractivity contribution is 0.327. The van der Waals surface area contributed by atoms with E-state index >= 15 is 0 Å². The zero-order chi connectivity index (χ0) is 16.2. The predicted octanol–water partition coefficient (Wildman–Crippen LogP) is 1.93. The van der Waals surface area contributed by atoms with Gasteiger partial charge < -0.3 is 10.2 Å². The number of rotatable bonds is 5. The summed E-state index contributed by atoms with van der Waals surface area (Å²) in [5, 5.41) is 3.53. The summed E-state index contributed by atoms with van der Waals surface area (Å²) in [6, 6.07) is 4.50. The smallest absolute Gasteiger partial charge is 0.133 e. The molecule has 1 fully saturated rings. The molecule has 122 valence electrons. The van der Waals surface area contributed by atoms with Gasteiger partial charge in [-0.15, -0.1) is 0 Å². The SMILES string of the molecule is Cc1ccncc1CN1CCC(Nc2cc(N(C)C)ncn2)C1. The van der Waals surface area contributed by atoms with Crippen molar-refractivity contribution >= 4 is 11.6 Å². The summed E-state index contributed by atoms with van der Waals surface area (Å²) in [6.45, 7) is 5.23. The van der Waals surface area contributed by atoms with E-state index in [-0.39, 0.29) is 0 Å². The monoisotopic (exact) mass is 312 g/mol. The number of hydrogen-bond donors (Lipinski definition) is 1. The maximum Gasteiger partial charge on any atom is 0.133 e. The van der Waals surface area contributed by atoms with E-state index in [1.54, 1.807) is 6.33 Å². The summed E-state index contributed by atoms with van der Waals surface area (Å²) in [4.78, 5) is 17.3. The van der Waals surface area contributed by atoms with Crippen LogP contribution in [0.1, 0.15) is 17.5 Å². The van der Waals surface area contributed by atoms with Gasteiger partial charge in [0.1, 0.15) is 18.0 Å². The Labute approximate surface area is 137 Å². The molecule has 3 rings (SSSR count). The van der Waals surface area contributed by atoms with E-state index in [1.165, 1.54) is 11.1 Å². The van der Waals surface area contributed by atoms with Gasteiger partial charge >= 0.3 is 0 Å². The zero-order valence-corrected chi connectivity index (χ0v) is 14.0. The molecule has 3 heterocycles. The number of anilines is 2. The summed E-state index contributed by atoms with van der Waals surface area (Å²) >= 11 is 0. The molecule has 23 heavy (non-hydrogen) atoms. The highest BCUT2D eigenvalue weighted by Gasteiger charge is 2.23. The van der Waals surface area contributed by atoms with Crippen LogP contribution in [-0.4, -0.2) is 53.1 Å². The van der Waals surface area contributed by atoms with Crippen LogP contribution < -0.4 is 10.2 Å². The van der Waals surface area contributed by atoms with Crippen molar-refractivity contribution in [3.8, 4) is 0 Å². The Kier molecular flexibility index (Phi) is 4.71. The predicted molar refractivity (Wildman–Crippen MR) is 92.6 cm³/mol. The molecule has 0 amide bonds. The molecule has 6 nitrogen and oxygen atoms in total. The lowest BCUT2D eigenvalue weighted by atomic mass is 10.1. The quantitative estimate of drug-likeness (QED) is 0.910. The first-order valence-corrected chi connectivity index (χ1v) is 7.99. The van der Waals surface area contributed by atoms with Crippen molar-refractivity contribution in [3.63, 3.8) is 0 Å². The van der Waals surface area contributed by atoms with Crippen molar-refractivity contribution < 1.29 is 0 Å². The van der Waals surface area contributed by atoms with Gasteiger partial charge in [-0.05, 0) is 30.5 Å². The normalized spacial score (nSPS) is 18.1. The molecule has 2 aromatic rings. The van der Waals surface area contributed by atoms with Crippen molar-refractivity contribution in [2.24, 2.45) is 0 Å². The molecule has 1 aliphatic rings. The molecule has 0 aromatic carbocycles. The number of nitrogens with zero attached hydrogens (tertiary/aromatic N) is 5. The lowest BCUT2D eigenvalue weighted by Gasteiger charge is -2.18. The van der Waals surface area contributed by atoms with Crippen molar-refractivity contribution in [2.45, 2.75) is 25.9 Å². The molecular weight excluding hydrogens is 288 g/mol. The molecule has 1 aliphatic heterocycles. The van der Waals surface area contributed by atoms with Crippen LogP contribution in [0.15, 0.2) is 30.9 Å². The highest BCUT2D eigenvalue weighted by atomic mass is 15.2. The summed E-state index contributed by atoms with van der Waals surface area (Å²) in [7, 11) is 3.97. The van der Waals surface area contributed by atoms with E-state index in [4.69, 9.17) is 0 Å². The fraction of sp³-hybridized carbons (Fsp3) is 0.471. The Hall–Kier alpha value is -2.21. The van der Waals surface area contributed by atoms with E-state index in [2.05, 4.69) is 38.2 Å². The van der Waals surface area contributed by atoms with Gasteiger partial charge in [0.25, 0.3) is 0 Å². The Balaban J connectivity index is 1.58. The summed E-state index contributed by atoms with van der Waals surface area (Å²) in [5.41, 5.74) is 2.62. The Bertz CT molecular complexity index is 657. The lowest BCUT2D eigenvalue weighted by Crippen LogP contribution is -2.26. The molecule has 2 aromatic heterocycles. The molecule has 6 heteroatoms. The molecule has 0 saturated carbocycles. The average Bonchev–Trinajstić information content (AvgIpc) is 2.97. The molecule has 0 spiro atoms. The minimum atomic E-state index is 0.428. The number of pyridine rings is 1. The second kappa shape index (κ2) is 6.91. The third-order valence-electron chi connectivity index (χ3n) is 4.28. The van der Waals surface area contributed by atoms with Crippen LogP contribution in [0, 0.1) is 6.92 Å². The number of hydrogen-bond acceptors (Lipinski definition) is 6. The van der Waals surface area contributed by atoms with Crippen LogP contribution >= 0.6 is 0 Å². The number of likely N-dealkylation sites (tertiary alicyclic amines) is 1. The fourth-order valence-corrected chi connectivity index (χ4v) is 2.88. The first-order valence-electron chi connectivity index (χ1n) is 7.99. The number of nitrogens with one attached hydrogen (secondary N) is 1. The minimum absolute atomic E-state index is 0.428.